The minimum Gasteiger partial charge on any atom is -0.462 e. The van der Waals surface area contributed by atoms with Gasteiger partial charge in [-0.3, -0.25) is 9.59 Å². The maximum absolute atomic E-state index is 12.8. The molecular formula is C62H64N2O7. The number of ether oxygens (including phenoxy) is 3. The number of Topliss-reactive ketones (excluding diaryl/α,β-unsaturated/α-hetero) is 2. The molecule has 0 aromatic heterocycles. The molecule has 0 amide bonds. The molecular weight excluding hydrogens is 885 g/mol. The maximum atomic E-state index is 12.8. The Morgan fingerprint density at radius 2 is 0.789 bits per heavy atom. The van der Waals surface area contributed by atoms with Crippen molar-refractivity contribution in [2.75, 3.05) is 19.8 Å². The zero-order valence-electron chi connectivity index (χ0n) is 41.3. The lowest BCUT2D eigenvalue weighted by Crippen LogP contribution is -2.33. The average molecular weight is 949 g/mol. The predicted octanol–water partition coefficient (Wildman–Crippen LogP) is 13.7. The summed E-state index contributed by atoms with van der Waals surface area (Å²) in [5.41, 5.74) is 5.57. The number of nitrogens with zero attached hydrogens (tertiary/aromatic N) is 2. The van der Waals surface area contributed by atoms with Gasteiger partial charge in [0.25, 0.3) is 0 Å². The second-order valence-corrected chi connectivity index (χ2v) is 16.3. The van der Waals surface area contributed by atoms with Crippen LogP contribution >= 0.6 is 0 Å². The summed E-state index contributed by atoms with van der Waals surface area (Å²) in [6, 6.07) is 59.6. The first-order chi connectivity index (χ1) is 34.7. The standard InChI is InChI=1S/C24H27NO2.C20H22O3.C18H15NO2/c1-3-5-12-19(4-2)18-27-24(26)22(17-25)23(20-13-8-6-9-14-20)21-15-10-7-11-16-21;1-2-3-10-15-23-20(18(21)16-11-6-4-7-12-16)19(22)17-13-8-5-9-14-17;1-2-21-18(20)16(13-19)17(14-9-5-3-6-10-14)15-11-7-4-8-12-15/h6-11,13-16,19H,3-5,12,18H2,1-2H3;4-9,11-14,20H,2-3,10,15H2,1H3;3-12H,2H2,1H3. The fourth-order valence-electron chi connectivity index (χ4n) is 7.44. The van der Waals surface area contributed by atoms with Crippen molar-refractivity contribution in [3.8, 4) is 12.1 Å². The number of esters is 2. The van der Waals surface area contributed by atoms with E-state index >= 15 is 0 Å². The fourth-order valence-corrected chi connectivity index (χ4v) is 7.44. The lowest BCUT2D eigenvalue weighted by atomic mass is 9.93. The van der Waals surface area contributed by atoms with Gasteiger partial charge in [-0.25, -0.2) is 9.59 Å². The Labute approximate surface area is 420 Å². The molecule has 1 unspecified atom stereocenters. The average Bonchev–Trinajstić information content (AvgIpc) is 3.43. The van der Waals surface area contributed by atoms with Gasteiger partial charge in [-0.2, -0.15) is 10.5 Å². The Balaban J connectivity index is 0.000000233. The number of carbonyl (C=O) groups excluding carboxylic acids is 4. The van der Waals surface area contributed by atoms with E-state index in [1.54, 1.807) is 55.5 Å². The number of nitriles is 2. The van der Waals surface area contributed by atoms with E-state index in [9.17, 15) is 29.7 Å². The van der Waals surface area contributed by atoms with Crippen LogP contribution in [0.3, 0.4) is 0 Å². The summed E-state index contributed by atoms with van der Waals surface area (Å²) in [4.78, 5) is 50.2. The summed E-state index contributed by atoms with van der Waals surface area (Å²) in [7, 11) is 0. The first kappa shape index (κ1) is 55.6. The molecule has 1 atom stereocenters. The van der Waals surface area contributed by atoms with E-state index < -0.39 is 18.0 Å². The molecule has 0 heterocycles. The number of unbranched alkanes of at least 4 members (excludes halogenated alkanes) is 3. The van der Waals surface area contributed by atoms with E-state index in [2.05, 4.69) is 26.8 Å². The zero-order valence-corrected chi connectivity index (χ0v) is 41.3. The number of hydrogen-bond donors (Lipinski definition) is 0. The Morgan fingerprint density at radius 1 is 0.451 bits per heavy atom. The summed E-state index contributed by atoms with van der Waals surface area (Å²) < 4.78 is 16.2. The number of hydrogen-bond acceptors (Lipinski definition) is 9. The van der Waals surface area contributed by atoms with Crippen molar-refractivity contribution in [3.63, 3.8) is 0 Å². The SMILES string of the molecule is CCCCC(CC)COC(=O)C(C#N)=C(c1ccccc1)c1ccccc1.CCCCCOC(C(=O)c1ccccc1)C(=O)c1ccccc1.CCOC(=O)C(C#N)=C(c1ccccc1)c1ccccc1. The van der Waals surface area contributed by atoms with Crippen LogP contribution in [0.25, 0.3) is 11.1 Å². The van der Waals surface area contributed by atoms with Crippen molar-refractivity contribution in [1.82, 2.24) is 0 Å². The molecule has 0 saturated carbocycles. The van der Waals surface area contributed by atoms with Crippen LogP contribution in [0.1, 0.15) is 116 Å². The maximum Gasteiger partial charge on any atom is 0.349 e. The van der Waals surface area contributed by atoms with Crippen LogP contribution in [-0.2, 0) is 23.8 Å². The largest absolute Gasteiger partial charge is 0.462 e. The molecule has 9 nitrogen and oxygen atoms in total. The Kier molecular flexibility index (Phi) is 25.0. The van der Waals surface area contributed by atoms with E-state index in [1.165, 1.54) is 0 Å². The van der Waals surface area contributed by atoms with Gasteiger partial charge in [0, 0.05) is 28.9 Å². The highest BCUT2D eigenvalue weighted by atomic mass is 16.5. The molecule has 0 fully saturated rings. The highest BCUT2D eigenvalue weighted by Gasteiger charge is 2.29. The number of ketones is 2. The quantitative estimate of drug-likeness (QED) is 0.0162. The smallest absolute Gasteiger partial charge is 0.349 e. The summed E-state index contributed by atoms with van der Waals surface area (Å²) in [5, 5.41) is 19.2. The molecule has 6 aromatic carbocycles. The van der Waals surface area contributed by atoms with Gasteiger partial charge >= 0.3 is 11.9 Å². The van der Waals surface area contributed by atoms with Gasteiger partial charge in [0.1, 0.15) is 23.3 Å². The molecule has 364 valence electrons. The molecule has 6 rings (SSSR count). The van der Waals surface area contributed by atoms with Crippen LogP contribution in [0.5, 0.6) is 0 Å². The van der Waals surface area contributed by atoms with Crippen LogP contribution in [0, 0.1) is 28.6 Å². The van der Waals surface area contributed by atoms with E-state index in [1.807, 2.05) is 140 Å². The molecule has 9 heteroatoms. The Bertz CT molecular complexity index is 2560. The molecule has 6 aromatic rings. The van der Waals surface area contributed by atoms with Gasteiger partial charge in [0.2, 0.25) is 0 Å². The third kappa shape index (κ3) is 17.8. The van der Waals surface area contributed by atoms with E-state index in [0.29, 0.717) is 41.4 Å². The third-order valence-corrected chi connectivity index (χ3v) is 11.3. The van der Waals surface area contributed by atoms with Crippen molar-refractivity contribution < 1.29 is 33.4 Å². The second kappa shape index (κ2) is 31.9. The van der Waals surface area contributed by atoms with Crippen LogP contribution in [0.2, 0.25) is 0 Å². The summed E-state index contributed by atoms with van der Waals surface area (Å²) in [5.74, 6) is -1.37. The molecule has 0 aliphatic heterocycles. The molecule has 0 aliphatic carbocycles. The van der Waals surface area contributed by atoms with Gasteiger partial charge < -0.3 is 14.2 Å². The van der Waals surface area contributed by atoms with Crippen LogP contribution < -0.4 is 0 Å². The van der Waals surface area contributed by atoms with Crippen LogP contribution in [-0.4, -0.2) is 49.4 Å². The molecule has 0 spiro atoms. The van der Waals surface area contributed by atoms with Gasteiger partial charge in [-0.15, -0.1) is 0 Å². The topological polar surface area (TPSA) is 144 Å². The Hall–Kier alpha value is -7.98. The number of rotatable bonds is 22. The summed E-state index contributed by atoms with van der Waals surface area (Å²) in [6.07, 6.45) is 6.10. The van der Waals surface area contributed by atoms with Crippen LogP contribution in [0.15, 0.2) is 193 Å². The summed E-state index contributed by atoms with van der Waals surface area (Å²) >= 11 is 0. The fraction of sp³-hybridized carbons (Fsp3) is 0.258. The van der Waals surface area contributed by atoms with Crippen molar-refractivity contribution in [2.45, 2.75) is 78.7 Å². The Morgan fingerprint density at radius 3 is 1.10 bits per heavy atom. The van der Waals surface area contributed by atoms with Crippen molar-refractivity contribution in [1.29, 1.82) is 10.5 Å². The highest BCUT2D eigenvalue weighted by molar-refractivity contribution is 6.18. The second-order valence-electron chi connectivity index (χ2n) is 16.3. The van der Waals surface area contributed by atoms with Gasteiger partial charge in [-0.05, 0) is 47.9 Å². The van der Waals surface area contributed by atoms with Gasteiger partial charge in [0.15, 0.2) is 17.7 Å². The first-order valence-electron chi connectivity index (χ1n) is 24.4. The van der Waals surface area contributed by atoms with Crippen molar-refractivity contribution >= 4 is 34.7 Å². The normalized spacial score (nSPS) is 10.6. The van der Waals surface area contributed by atoms with Crippen molar-refractivity contribution in [2.24, 2.45) is 5.92 Å². The zero-order chi connectivity index (χ0) is 51.1. The van der Waals surface area contributed by atoms with E-state index in [-0.39, 0.29) is 29.3 Å². The molecule has 0 saturated heterocycles. The minimum absolute atomic E-state index is 0.0225. The van der Waals surface area contributed by atoms with Crippen LogP contribution in [0.4, 0.5) is 0 Å². The number of benzene rings is 6. The molecule has 0 radical (unpaired) electrons. The first-order valence-corrected chi connectivity index (χ1v) is 24.4. The lowest BCUT2D eigenvalue weighted by molar-refractivity contribution is -0.140. The van der Waals surface area contributed by atoms with E-state index in [0.717, 1.165) is 67.2 Å². The molecule has 0 N–H and O–H groups in total. The highest BCUT2D eigenvalue weighted by Crippen LogP contribution is 2.29. The summed E-state index contributed by atoms with van der Waals surface area (Å²) in [6.45, 7) is 9.09. The van der Waals surface area contributed by atoms with E-state index in [4.69, 9.17) is 14.2 Å². The lowest BCUT2D eigenvalue weighted by Gasteiger charge is -2.16. The van der Waals surface area contributed by atoms with Gasteiger partial charge in [0.05, 0.1) is 13.2 Å². The van der Waals surface area contributed by atoms with Gasteiger partial charge in [-0.1, -0.05) is 235 Å². The molecule has 71 heavy (non-hydrogen) atoms. The monoisotopic (exact) mass is 948 g/mol. The third-order valence-electron chi connectivity index (χ3n) is 11.3. The van der Waals surface area contributed by atoms with Crippen molar-refractivity contribution in [3.05, 3.63) is 227 Å². The molecule has 0 bridgehead atoms. The minimum atomic E-state index is -1.07. The number of carbonyl (C=O) groups is 4. The molecule has 0 aliphatic rings. The predicted molar refractivity (Wildman–Crippen MR) is 281 cm³/mol.